The first-order chi connectivity index (χ1) is 12.7. The van der Waals surface area contributed by atoms with E-state index in [1.165, 1.54) is 45.3 Å². The number of hydrogen-bond donors (Lipinski definition) is 1. The normalized spacial score (nSPS) is 19.2. The lowest BCUT2D eigenvalue weighted by molar-refractivity contribution is -0.926. The van der Waals surface area contributed by atoms with Crippen molar-refractivity contribution < 1.29 is 9.59 Å². The van der Waals surface area contributed by atoms with E-state index >= 15 is 0 Å². The molecule has 0 radical (unpaired) electrons. The van der Waals surface area contributed by atoms with E-state index in [-0.39, 0.29) is 0 Å². The maximum atomic E-state index is 11.6. The molecule has 1 saturated heterocycles. The van der Waals surface area contributed by atoms with Gasteiger partial charge in [0.05, 0.1) is 19.6 Å². The van der Waals surface area contributed by atoms with Crippen LogP contribution < -0.4 is 0 Å². The second-order valence-electron chi connectivity index (χ2n) is 7.83. The lowest BCUT2D eigenvalue weighted by atomic mass is 9.92. The Balaban J connectivity index is 1.69. The van der Waals surface area contributed by atoms with Crippen LogP contribution in [-0.4, -0.2) is 35.8 Å². The SMILES string of the molecule is CCC[N+]1(CC#CC2(O)c3ccccc3-c3ccccc32)CCCCC1. The highest BCUT2D eigenvalue weighted by Gasteiger charge is 2.40. The van der Waals surface area contributed by atoms with Crippen LogP contribution in [0.25, 0.3) is 11.1 Å². The van der Waals surface area contributed by atoms with E-state index in [0.29, 0.717) is 0 Å². The van der Waals surface area contributed by atoms with Gasteiger partial charge in [-0.05, 0) is 42.7 Å². The average Bonchev–Trinajstić information content (AvgIpc) is 2.93. The van der Waals surface area contributed by atoms with Crippen molar-refractivity contribution in [3.8, 4) is 23.0 Å². The quantitative estimate of drug-likeness (QED) is 0.648. The molecule has 2 heteroatoms. The summed E-state index contributed by atoms with van der Waals surface area (Å²) in [5.41, 5.74) is 2.88. The van der Waals surface area contributed by atoms with E-state index in [1.807, 2.05) is 36.4 Å². The molecule has 0 atom stereocenters. The summed E-state index contributed by atoms with van der Waals surface area (Å²) in [4.78, 5) is 0. The molecule has 2 aromatic carbocycles. The highest BCUT2D eigenvalue weighted by molar-refractivity contribution is 5.81. The number of aliphatic hydroxyl groups is 1. The molecule has 0 amide bonds. The third kappa shape index (κ3) is 2.86. The number of rotatable bonds is 3. The molecule has 0 saturated carbocycles. The minimum absolute atomic E-state index is 0.848. The fourth-order valence-corrected chi connectivity index (χ4v) is 4.80. The molecule has 1 heterocycles. The van der Waals surface area contributed by atoms with Crippen molar-refractivity contribution >= 4 is 0 Å². The first-order valence-electron chi connectivity index (χ1n) is 9.95. The molecule has 1 N–H and O–H groups in total. The fraction of sp³-hybridized carbons (Fsp3) is 0.417. The van der Waals surface area contributed by atoms with Gasteiger partial charge in [-0.25, -0.2) is 0 Å². The second kappa shape index (κ2) is 6.91. The smallest absolute Gasteiger partial charge is 0.178 e. The molecule has 2 nitrogen and oxygen atoms in total. The van der Waals surface area contributed by atoms with Crippen molar-refractivity contribution in [2.45, 2.75) is 38.2 Å². The molecule has 4 rings (SSSR count). The van der Waals surface area contributed by atoms with Crippen molar-refractivity contribution in [3.63, 3.8) is 0 Å². The lowest BCUT2D eigenvalue weighted by Gasteiger charge is -2.40. The van der Waals surface area contributed by atoms with Gasteiger partial charge in [0.15, 0.2) is 5.60 Å². The highest BCUT2D eigenvalue weighted by Crippen LogP contribution is 2.46. The summed E-state index contributed by atoms with van der Waals surface area (Å²) >= 11 is 0. The van der Waals surface area contributed by atoms with Crippen LogP contribution in [0, 0.1) is 11.8 Å². The van der Waals surface area contributed by atoms with Crippen molar-refractivity contribution in [2.75, 3.05) is 26.2 Å². The summed E-state index contributed by atoms with van der Waals surface area (Å²) < 4.78 is 1.10. The topological polar surface area (TPSA) is 20.2 Å². The highest BCUT2D eigenvalue weighted by atomic mass is 16.3. The van der Waals surface area contributed by atoms with Crippen LogP contribution in [0.5, 0.6) is 0 Å². The molecule has 1 aliphatic heterocycles. The number of likely N-dealkylation sites (tertiary alicyclic amines) is 1. The van der Waals surface area contributed by atoms with Gasteiger partial charge in [-0.1, -0.05) is 61.4 Å². The van der Waals surface area contributed by atoms with Crippen LogP contribution in [0.1, 0.15) is 43.7 Å². The number of benzene rings is 2. The largest absolute Gasteiger partial charge is 0.369 e. The van der Waals surface area contributed by atoms with Crippen LogP contribution in [0.4, 0.5) is 0 Å². The molecule has 0 aromatic heterocycles. The maximum absolute atomic E-state index is 11.6. The van der Waals surface area contributed by atoms with E-state index in [0.717, 1.165) is 33.3 Å². The molecule has 2 aromatic rings. The van der Waals surface area contributed by atoms with Crippen molar-refractivity contribution in [1.29, 1.82) is 0 Å². The third-order valence-corrected chi connectivity index (χ3v) is 6.07. The molecule has 2 aliphatic rings. The van der Waals surface area contributed by atoms with Gasteiger partial charge in [0.2, 0.25) is 0 Å². The fourth-order valence-electron chi connectivity index (χ4n) is 4.80. The number of nitrogens with zero attached hydrogens (tertiary/aromatic N) is 1. The van der Waals surface area contributed by atoms with Crippen LogP contribution in [0.3, 0.4) is 0 Å². The number of quaternary nitrogens is 1. The van der Waals surface area contributed by atoms with Gasteiger partial charge < -0.3 is 9.59 Å². The Morgan fingerprint density at radius 1 is 0.923 bits per heavy atom. The van der Waals surface area contributed by atoms with Gasteiger partial charge in [-0.15, -0.1) is 0 Å². The van der Waals surface area contributed by atoms with E-state index in [2.05, 4.69) is 30.9 Å². The molecule has 0 bridgehead atoms. The second-order valence-corrected chi connectivity index (χ2v) is 7.83. The van der Waals surface area contributed by atoms with Crippen LogP contribution in [0.2, 0.25) is 0 Å². The lowest BCUT2D eigenvalue weighted by Crippen LogP contribution is -2.52. The summed E-state index contributed by atoms with van der Waals surface area (Å²) in [5.74, 6) is 6.71. The van der Waals surface area contributed by atoms with Crippen molar-refractivity contribution in [2.24, 2.45) is 0 Å². The zero-order valence-electron chi connectivity index (χ0n) is 15.7. The molecule has 26 heavy (non-hydrogen) atoms. The van der Waals surface area contributed by atoms with E-state index in [1.54, 1.807) is 0 Å². The molecular weight excluding hydrogens is 318 g/mol. The molecule has 1 aliphatic carbocycles. The summed E-state index contributed by atoms with van der Waals surface area (Å²) in [6.07, 6.45) is 5.15. The van der Waals surface area contributed by atoms with E-state index in [4.69, 9.17) is 0 Å². The summed E-state index contributed by atoms with van der Waals surface area (Å²) in [7, 11) is 0. The molecular formula is C24H28NO+. The van der Waals surface area contributed by atoms with Gasteiger partial charge in [-0.3, -0.25) is 0 Å². The third-order valence-electron chi connectivity index (χ3n) is 6.07. The summed E-state index contributed by atoms with van der Waals surface area (Å²) in [6.45, 7) is 6.77. The monoisotopic (exact) mass is 346 g/mol. The van der Waals surface area contributed by atoms with Gasteiger partial charge in [-0.2, -0.15) is 0 Å². The maximum Gasteiger partial charge on any atom is 0.178 e. The Bertz CT molecular complexity index is 801. The Kier molecular flexibility index (Phi) is 4.61. The van der Waals surface area contributed by atoms with Crippen LogP contribution in [-0.2, 0) is 5.60 Å². The molecule has 0 unspecified atom stereocenters. The van der Waals surface area contributed by atoms with Gasteiger partial charge in [0.1, 0.15) is 6.54 Å². The molecule has 0 spiro atoms. The average molecular weight is 346 g/mol. The van der Waals surface area contributed by atoms with E-state index in [9.17, 15) is 5.11 Å². The van der Waals surface area contributed by atoms with Crippen LogP contribution >= 0.6 is 0 Å². The standard InChI is InChI=1S/C24H28NO/c1-2-16-25(17-8-3-9-18-25)19-10-15-24(26)22-13-6-4-11-20(22)21-12-5-7-14-23(21)24/h4-7,11-14,26H,2-3,8-9,16-19H2,1H3/q+1. The predicted octanol–water partition coefficient (Wildman–Crippen LogP) is 4.32. The first-order valence-corrected chi connectivity index (χ1v) is 9.95. The van der Waals surface area contributed by atoms with E-state index < -0.39 is 5.60 Å². The number of piperidine rings is 1. The minimum Gasteiger partial charge on any atom is -0.369 e. The van der Waals surface area contributed by atoms with Crippen LogP contribution in [0.15, 0.2) is 48.5 Å². The number of hydrogen-bond acceptors (Lipinski definition) is 1. The summed E-state index contributed by atoms with van der Waals surface area (Å²) in [5, 5.41) is 11.6. The first kappa shape index (κ1) is 17.3. The Morgan fingerprint density at radius 3 is 2.08 bits per heavy atom. The minimum atomic E-state index is -1.18. The van der Waals surface area contributed by atoms with Gasteiger partial charge in [0.25, 0.3) is 0 Å². The Hall–Kier alpha value is -2.08. The van der Waals surface area contributed by atoms with Gasteiger partial charge in [0, 0.05) is 11.1 Å². The predicted molar refractivity (Wildman–Crippen MR) is 107 cm³/mol. The molecule has 1 fully saturated rings. The zero-order chi connectivity index (χ0) is 18.0. The Morgan fingerprint density at radius 2 is 1.50 bits per heavy atom. The molecule has 134 valence electrons. The number of fused-ring (bicyclic) bond motifs is 3. The van der Waals surface area contributed by atoms with Crippen molar-refractivity contribution in [1.82, 2.24) is 0 Å². The Labute approximate surface area is 157 Å². The summed E-state index contributed by atoms with van der Waals surface area (Å²) in [6, 6.07) is 16.3. The zero-order valence-corrected chi connectivity index (χ0v) is 15.7. The van der Waals surface area contributed by atoms with Gasteiger partial charge >= 0.3 is 0 Å². The van der Waals surface area contributed by atoms with Crippen molar-refractivity contribution in [3.05, 3.63) is 59.7 Å².